The Labute approximate surface area is 443 Å². The van der Waals surface area contributed by atoms with Gasteiger partial charge in [-0.3, -0.25) is 9.59 Å². The quantitative estimate of drug-likeness (QED) is 0.0320. The molecule has 1 amide bonds. The fourth-order valence-corrected chi connectivity index (χ4v) is 10.1. The van der Waals surface area contributed by atoms with Crippen LogP contribution < -0.4 is 5.32 Å². The van der Waals surface area contributed by atoms with Crippen molar-refractivity contribution in [1.82, 2.24) is 5.32 Å². The lowest BCUT2D eigenvalue weighted by molar-refractivity contribution is -0.143. The molecule has 0 aromatic heterocycles. The average Bonchev–Trinajstić information content (AvgIpc) is 3.37. The summed E-state index contributed by atoms with van der Waals surface area (Å²) < 4.78 is 5.49. The Bertz CT molecular complexity index is 1110. The molecule has 0 aliphatic carbocycles. The molecule has 71 heavy (non-hydrogen) atoms. The molecular weight excluding hydrogens is 875 g/mol. The molecule has 3 N–H and O–H groups in total. The van der Waals surface area contributed by atoms with E-state index in [4.69, 9.17) is 4.74 Å². The van der Waals surface area contributed by atoms with Gasteiger partial charge in [-0.05, 0) is 57.8 Å². The van der Waals surface area contributed by atoms with Crippen molar-refractivity contribution in [1.29, 1.82) is 0 Å². The lowest BCUT2D eigenvalue weighted by atomic mass is 10.0. The fourth-order valence-electron chi connectivity index (χ4n) is 10.1. The summed E-state index contributed by atoms with van der Waals surface area (Å²) in [6.07, 6.45) is 74.7. The first-order valence-electron chi connectivity index (χ1n) is 32.1. The molecule has 420 valence electrons. The van der Waals surface area contributed by atoms with Crippen LogP contribution in [0.25, 0.3) is 0 Å². The lowest BCUT2D eigenvalue weighted by Crippen LogP contribution is -2.45. The molecule has 0 aromatic rings. The van der Waals surface area contributed by atoms with Crippen molar-refractivity contribution in [2.45, 2.75) is 366 Å². The third-order valence-electron chi connectivity index (χ3n) is 15.0. The number of hydrogen-bond acceptors (Lipinski definition) is 5. The number of amides is 1. The summed E-state index contributed by atoms with van der Waals surface area (Å²) in [6.45, 7) is 4.93. The van der Waals surface area contributed by atoms with Crippen LogP contribution in [0.2, 0.25) is 0 Å². The Balaban J connectivity index is 3.42. The van der Waals surface area contributed by atoms with E-state index >= 15 is 0 Å². The summed E-state index contributed by atoms with van der Waals surface area (Å²) in [5.41, 5.74) is 0. The SMILES string of the molecule is CCCCC/C=C\C/C=C\CCCCCCCCCCCC(=O)OCCCCCCCCCCCCCCCCC(=O)NC(CO)C(O)CCCCCCCCCCCCCCCCCCCCCCC. The van der Waals surface area contributed by atoms with E-state index in [0.29, 0.717) is 25.9 Å². The second-order valence-corrected chi connectivity index (χ2v) is 22.1. The van der Waals surface area contributed by atoms with Crippen molar-refractivity contribution in [2.24, 2.45) is 0 Å². The predicted octanol–water partition coefficient (Wildman–Crippen LogP) is 20.2. The maximum Gasteiger partial charge on any atom is 0.305 e. The van der Waals surface area contributed by atoms with E-state index in [2.05, 4.69) is 43.5 Å². The topological polar surface area (TPSA) is 95.9 Å². The summed E-state index contributed by atoms with van der Waals surface area (Å²) in [5, 5.41) is 23.4. The van der Waals surface area contributed by atoms with Gasteiger partial charge in [-0.1, -0.05) is 308 Å². The zero-order chi connectivity index (χ0) is 51.4. The standard InChI is InChI=1S/C65H125NO5/c1-3-5-7-9-11-13-15-17-19-21-23-24-26-27-29-33-37-41-45-49-53-57-63(68)62(61-67)66-64(69)58-54-50-46-42-38-34-31-32-36-40-44-48-52-56-60-71-65(70)59-55-51-47-43-39-35-30-28-25-22-20-18-16-14-12-10-8-6-4-2/h12,14,18,20,62-63,67-68H,3-11,13,15-17,19,21-61H2,1-2H3,(H,66,69)/b14-12-,20-18-. The largest absolute Gasteiger partial charge is 0.466 e. The summed E-state index contributed by atoms with van der Waals surface area (Å²) in [6, 6.07) is -0.551. The number of ether oxygens (including phenoxy) is 1. The number of unbranched alkanes of at least 4 members (excludes halogenated alkanes) is 45. The molecule has 0 rings (SSSR count). The van der Waals surface area contributed by atoms with E-state index in [9.17, 15) is 19.8 Å². The van der Waals surface area contributed by atoms with Crippen LogP contribution in [-0.4, -0.2) is 47.4 Å². The second kappa shape index (κ2) is 60.9. The zero-order valence-electron chi connectivity index (χ0n) is 48.0. The summed E-state index contributed by atoms with van der Waals surface area (Å²) in [5.74, 6) is -0.0468. The van der Waals surface area contributed by atoms with Gasteiger partial charge in [0, 0.05) is 12.8 Å². The third kappa shape index (κ3) is 57.5. The zero-order valence-corrected chi connectivity index (χ0v) is 48.0. The van der Waals surface area contributed by atoms with Gasteiger partial charge in [-0.15, -0.1) is 0 Å². The van der Waals surface area contributed by atoms with Crippen molar-refractivity contribution in [2.75, 3.05) is 13.2 Å². The Kier molecular flexibility index (Phi) is 59.5. The number of hydrogen-bond donors (Lipinski definition) is 3. The Hall–Kier alpha value is -1.66. The predicted molar refractivity (Wildman–Crippen MR) is 310 cm³/mol. The average molecular weight is 1000 g/mol. The molecule has 2 unspecified atom stereocenters. The molecular formula is C65H125NO5. The van der Waals surface area contributed by atoms with Crippen LogP contribution in [0.4, 0.5) is 0 Å². The van der Waals surface area contributed by atoms with E-state index in [1.54, 1.807) is 0 Å². The minimum absolute atomic E-state index is 0.00484. The number of allylic oxidation sites excluding steroid dienone is 4. The number of esters is 1. The van der Waals surface area contributed by atoms with Crippen LogP contribution in [0, 0.1) is 0 Å². The highest BCUT2D eigenvalue weighted by Gasteiger charge is 2.20. The molecule has 0 spiro atoms. The highest BCUT2D eigenvalue weighted by Crippen LogP contribution is 2.18. The van der Waals surface area contributed by atoms with Gasteiger partial charge in [0.15, 0.2) is 0 Å². The van der Waals surface area contributed by atoms with Gasteiger partial charge >= 0.3 is 5.97 Å². The molecule has 0 aliphatic rings. The molecule has 0 radical (unpaired) electrons. The number of rotatable bonds is 60. The summed E-state index contributed by atoms with van der Waals surface area (Å²) in [7, 11) is 0. The van der Waals surface area contributed by atoms with Gasteiger partial charge in [-0.25, -0.2) is 0 Å². The summed E-state index contributed by atoms with van der Waals surface area (Å²) >= 11 is 0. The maximum absolute atomic E-state index is 12.5. The van der Waals surface area contributed by atoms with E-state index in [0.717, 1.165) is 57.8 Å². The highest BCUT2D eigenvalue weighted by atomic mass is 16.5. The van der Waals surface area contributed by atoms with E-state index in [1.807, 2.05) is 0 Å². The maximum atomic E-state index is 12.5. The normalized spacial score (nSPS) is 12.7. The smallest absolute Gasteiger partial charge is 0.305 e. The van der Waals surface area contributed by atoms with Crippen LogP contribution in [0.3, 0.4) is 0 Å². The highest BCUT2D eigenvalue weighted by molar-refractivity contribution is 5.76. The second-order valence-electron chi connectivity index (χ2n) is 22.1. The first-order valence-corrected chi connectivity index (χ1v) is 32.1. The van der Waals surface area contributed by atoms with Crippen molar-refractivity contribution in [3.8, 4) is 0 Å². The van der Waals surface area contributed by atoms with Crippen LogP contribution in [0.5, 0.6) is 0 Å². The fraction of sp³-hybridized carbons (Fsp3) is 0.908. The van der Waals surface area contributed by atoms with Crippen LogP contribution in [0.1, 0.15) is 354 Å². The Morgan fingerprint density at radius 1 is 0.394 bits per heavy atom. The molecule has 0 aliphatic heterocycles. The van der Waals surface area contributed by atoms with Crippen LogP contribution >= 0.6 is 0 Å². The molecule has 6 nitrogen and oxygen atoms in total. The van der Waals surface area contributed by atoms with E-state index < -0.39 is 12.1 Å². The van der Waals surface area contributed by atoms with Gasteiger partial charge in [0.25, 0.3) is 0 Å². The number of carbonyl (C=O) groups excluding carboxylic acids is 2. The van der Waals surface area contributed by atoms with Gasteiger partial charge in [0.05, 0.1) is 25.4 Å². The van der Waals surface area contributed by atoms with Crippen LogP contribution in [0.15, 0.2) is 24.3 Å². The van der Waals surface area contributed by atoms with Gasteiger partial charge < -0.3 is 20.3 Å². The third-order valence-corrected chi connectivity index (χ3v) is 15.0. The minimum Gasteiger partial charge on any atom is -0.466 e. The number of aliphatic hydroxyl groups excluding tert-OH is 2. The first-order chi connectivity index (χ1) is 35.0. The molecule has 0 aromatic carbocycles. The van der Waals surface area contributed by atoms with Crippen molar-refractivity contribution in [3.05, 3.63) is 24.3 Å². The molecule has 0 saturated heterocycles. The van der Waals surface area contributed by atoms with Gasteiger partial charge in [0.2, 0.25) is 5.91 Å². The Morgan fingerprint density at radius 2 is 0.704 bits per heavy atom. The van der Waals surface area contributed by atoms with Gasteiger partial charge in [-0.2, -0.15) is 0 Å². The molecule has 0 heterocycles. The van der Waals surface area contributed by atoms with Gasteiger partial charge in [0.1, 0.15) is 0 Å². The minimum atomic E-state index is -0.673. The molecule has 6 heteroatoms. The molecule has 2 atom stereocenters. The number of aliphatic hydroxyl groups is 2. The molecule has 0 bridgehead atoms. The van der Waals surface area contributed by atoms with Crippen LogP contribution in [-0.2, 0) is 14.3 Å². The number of carbonyl (C=O) groups is 2. The van der Waals surface area contributed by atoms with Crippen molar-refractivity contribution >= 4 is 11.9 Å². The van der Waals surface area contributed by atoms with Crippen molar-refractivity contribution in [3.63, 3.8) is 0 Å². The number of nitrogens with one attached hydrogen (secondary N) is 1. The van der Waals surface area contributed by atoms with E-state index in [-0.39, 0.29) is 18.5 Å². The molecule has 0 fully saturated rings. The van der Waals surface area contributed by atoms with Crippen molar-refractivity contribution < 1.29 is 24.5 Å². The lowest BCUT2D eigenvalue weighted by Gasteiger charge is -2.22. The van der Waals surface area contributed by atoms with E-state index in [1.165, 1.54) is 263 Å². The monoisotopic (exact) mass is 1000 g/mol. The first kappa shape index (κ1) is 69.3. The Morgan fingerprint density at radius 3 is 1.10 bits per heavy atom. The summed E-state index contributed by atoms with van der Waals surface area (Å²) in [4.78, 5) is 24.6. The molecule has 0 saturated carbocycles.